The normalized spacial score (nSPS) is 45.5. The van der Waals surface area contributed by atoms with Gasteiger partial charge in [-0.25, -0.2) is 0 Å². The molecular weight excluding hydrogens is 240 g/mol. The van der Waals surface area contributed by atoms with Gasteiger partial charge < -0.3 is 15.0 Å². The number of carbonyl (C=O) groups excluding carboxylic acids is 1. The predicted molar refractivity (Wildman–Crippen MR) is 72.2 cm³/mol. The van der Waals surface area contributed by atoms with Crippen molar-refractivity contribution in [1.29, 1.82) is 0 Å². The Kier molecular flexibility index (Phi) is 3.49. The van der Waals surface area contributed by atoms with E-state index in [9.17, 15) is 15.0 Å². The van der Waals surface area contributed by atoms with Gasteiger partial charge >= 0.3 is 0 Å². The summed E-state index contributed by atoms with van der Waals surface area (Å²) in [7, 11) is 0. The molecule has 0 aromatic carbocycles. The number of rotatable bonds is 2. The number of carboxylic acids is 1. The highest BCUT2D eigenvalue weighted by molar-refractivity contribution is 5.65. The van der Waals surface area contributed by atoms with Crippen molar-refractivity contribution in [2.45, 2.75) is 71.8 Å². The lowest BCUT2D eigenvalue weighted by Crippen LogP contribution is -2.58. The Balaban J connectivity index is 2.38. The van der Waals surface area contributed by atoms with Gasteiger partial charge in [-0.3, -0.25) is 0 Å². The molecule has 3 nitrogen and oxygen atoms in total. The molecule has 0 aromatic heterocycles. The average Bonchev–Trinajstić information content (AvgIpc) is 2.22. The first-order valence-electron chi connectivity index (χ1n) is 7.52. The molecule has 0 bridgehead atoms. The van der Waals surface area contributed by atoms with Crippen LogP contribution in [0.2, 0.25) is 0 Å². The number of aliphatic carboxylic acids is 1. The third-order valence-electron chi connectivity index (χ3n) is 6.13. The van der Waals surface area contributed by atoms with E-state index in [0.717, 1.165) is 19.3 Å². The molecule has 2 aliphatic rings. The van der Waals surface area contributed by atoms with Crippen LogP contribution in [0.3, 0.4) is 0 Å². The fraction of sp³-hybridized carbons (Fsp3) is 0.938. The van der Waals surface area contributed by atoms with Crippen LogP contribution in [0, 0.1) is 22.7 Å². The quantitative estimate of drug-likeness (QED) is 0.833. The zero-order valence-electron chi connectivity index (χ0n) is 12.7. The van der Waals surface area contributed by atoms with E-state index in [1.807, 2.05) is 6.92 Å². The predicted octanol–water partition coefficient (Wildman–Crippen LogP) is 2.12. The highest BCUT2D eigenvalue weighted by Crippen LogP contribution is 2.62. The zero-order chi connectivity index (χ0) is 14.5. The van der Waals surface area contributed by atoms with Gasteiger partial charge in [0.1, 0.15) is 0 Å². The van der Waals surface area contributed by atoms with Gasteiger partial charge in [0, 0.05) is 5.97 Å². The maximum Gasteiger partial charge on any atom is 0.0656 e. The minimum absolute atomic E-state index is 0.0178. The summed E-state index contributed by atoms with van der Waals surface area (Å²) in [6, 6.07) is 0. The summed E-state index contributed by atoms with van der Waals surface area (Å²) in [4.78, 5) is 11.1. The van der Waals surface area contributed by atoms with Gasteiger partial charge in [0.05, 0.1) is 5.60 Å². The van der Waals surface area contributed by atoms with Gasteiger partial charge in [0.15, 0.2) is 0 Å². The Bertz CT molecular complexity index is 372. The lowest BCUT2D eigenvalue weighted by atomic mass is 9.45. The van der Waals surface area contributed by atoms with E-state index >= 15 is 0 Å². The maximum atomic E-state index is 11.1. The smallest absolute Gasteiger partial charge is 0.0656 e. The molecule has 2 saturated carbocycles. The second-order valence-electron chi connectivity index (χ2n) is 7.93. The highest BCUT2D eigenvalue weighted by Gasteiger charge is 2.57. The minimum Gasteiger partial charge on any atom is -0.550 e. The van der Waals surface area contributed by atoms with Crippen molar-refractivity contribution in [3.8, 4) is 0 Å². The summed E-state index contributed by atoms with van der Waals surface area (Å²) in [6.07, 6.45) is 5.03. The van der Waals surface area contributed by atoms with Crippen molar-refractivity contribution in [3.05, 3.63) is 0 Å². The Morgan fingerprint density at radius 3 is 2.42 bits per heavy atom. The van der Waals surface area contributed by atoms with E-state index in [0.29, 0.717) is 12.3 Å². The molecule has 0 saturated heterocycles. The van der Waals surface area contributed by atoms with Gasteiger partial charge in [-0.15, -0.1) is 0 Å². The molecule has 0 heterocycles. The van der Waals surface area contributed by atoms with E-state index in [-0.39, 0.29) is 23.2 Å². The van der Waals surface area contributed by atoms with Crippen molar-refractivity contribution in [2.75, 3.05) is 0 Å². The fourth-order valence-electron chi connectivity index (χ4n) is 5.24. The number of carbonyl (C=O) groups is 1. The topological polar surface area (TPSA) is 60.4 Å². The fourth-order valence-corrected chi connectivity index (χ4v) is 5.24. The van der Waals surface area contributed by atoms with E-state index in [2.05, 4.69) is 20.8 Å². The second kappa shape index (κ2) is 4.47. The van der Waals surface area contributed by atoms with Crippen LogP contribution in [-0.4, -0.2) is 16.7 Å². The number of fused-ring (bicyclic) bond motifs is 1. The van der Waals surface area contributed by atoms with Crippen molar-refractivity contribution in [2.24, 2.45) is 22.7 Å². The van der Waals surface area contributed by atoms with Crippen LogP contribution in [-0.2, 0) is 4.79 Å². The molecule has 19 heavy (non-hydrogen) atoms. The van der Waals surface area contributed by atoms with Gasteiger partial charge in [-0.1, -0.05) is 27.2 Å². The molecule has 0 aromatic rings. The minimum atomic E-state index is -1.03. The zero-order valence-corrected chi connectivity index (χ0v) is 12.7. The van der Waals surface area contributed by atoms with Crippen LogP contribution in [0.25, 0.3) is 0 Å². The number of hydrogen-bond donors (Lipinski definition) is 1. The molecule has 1 N–H and O–H groups in total. The molecule has 3 heteroatoms. The molecule has 0 spiro atoms. The number of carboxylic acid groups (broad SMARTS) is 1. The summed E-state index contributed by atoms with van der Waals surface area (Å²) in [5.41, 5.74) is -0.712. The molecule has 0 amide bonds. The molecule has 0 aliphatic heterocycles. The van der Waals surface area contributed by atoms with Crippen molar-refractivity contribution >= 4 is 5.97 Å². The van der Waals surface area contributed by atoms with Crippen molar-refractivity contribution in [3.63, 3.8) is 0 Å². The van der Waals surface area contributed by atoms with E-state index < -0.39 is 11.6 Å². The first-order chi connectivity index (χ1) is 8.59. The lowest BCUT2D eigenvalue weighted by molar-refractivity contribution is -0.311. The van der Waals surface area contributed by atoms with Gasteiger partial charge in [0.25, 0.3) is 0 Å². The van der Waals surface area contributed by atoms with Crippen LogP contribution in [0.5, 0.6) is 0 Å². The van der Waals surface area contributed by atoms with Crippen LogP contribution in [0.15, 0.2) is 0 Å². The Hall–Kier alpha value is -0.570. The molecule has 4 unspecified atom stereocenters. The van der Waals surface area contributed by atoms with E-state index in [4.69, 9.17) is 0 Å². The van der Waals surface area contributed by atoms with Crippen LogP contribution in [0.4, 0.5) is 0 Å². The van der Waals surface area contributed by atoms with Crippen molar-refractivity contribution < 1.29 is 15.0 Å². The molecule has 110 valence electrons. The maximum absolute atomic E-state index is 11.1. The monoisotopic (exact) mass is 267 g/mol. The Labute approximate surface area is 116 Å². The van der Waals surface area contributed by atoms with Crippen LogP contribution >= 0.6 is 0 Å². The number of hydrogen-bond acceptors (Lipinski definition) is 3. The molecule has 2 aliphatic carbocycles. The van der Waals surface area contributed by atoms with E-state index in [1.54, 1.807) is 0 Å². The van der Waals surface area contributed by atoms with E-state index in [1.165, 1.54) is 6.42 Å². The number of aliphatic hydroxyl groups is 1. The average molecular weight is 267 g/mol. The summed E-state index contributed by atoms with van der Waals surface area (Å²) in [5.74, 6) is -0.725. The summed E-state index contributed by atoms with van der Waals surface area (Å²) < 4.78 is 0. The second-order valence-corrected chi connectivity index (χ2v) is 7.93. The molecule has 4 atom stereocenters. The third kappa shape index (κ3) is 2.42. The van der Waals surface area contributed by atoms with Gasteiger partial charge in [-0.2, -0.15) is 0 Å². The Morgan fingerprint density at radius 1 is 1.21 bits per heavy atom. The highest BCUT2D eigenvalue weighted by atomic mass is 16.4. The largest absolute Gasteiger partial charge is 0.550 e. The van der Waals surface area contributed by atoms with Gasteiger partial charge in [-0.05, 0) is 61.7 Å². The third-order valence-corrected chi connectivity index (χ3v) is 6.13. The lowest BCUT2D eigenvalue weighted by Gasteiger charge is -2.61. The van der Waals surface area contributed by atoms with Crippen LogP contribution < -0.4 is 5.11 Å². The standard InChI is InChI=1S/C16H28O3/c1-14(2)7-5-8-15(3)11(14)6-9-16(4,19)12(15)10-13(17)18/h11-12,19H,5-10H2,1-4H3,(H,17,18)/p-1. The van der Waals surface area contributed by atoms with Crippen LogP contribution in [0.1, 0.15) is 66.2 Å². The molecule has 0 radical (unpaired) electrons. The SMILES string of the molecule is CC1(C)CCCC2(C)C1CCC(C)(O)C2CC(=O)[O-]. The molecular formula is C16H27O3-. The first-order valence-corrected chi connectivity index (χ1v) is 7.52. The summed E-state index contributed by atoms with van der Waals surface area (Å²) in [5, 5.41) is 21.8. The summed E-state index contributed by atoms with van der Waals surface area (Å²) >= 11 is 0. The summed E-state index contributed by atoms with van der Waals surface area (Å²) in [6.45, 7) is 8.60. The molecule has 2 rings (SSSR count). The van der Waals surface area contributed by atoms with Crippen molar-refractivity contribution in [1.82, 2.24) is 0 Å². The first kappa shape index (κ1) is 14.8. The molecule has 2 fully saturated rings. The van der Waals surface area contributed by atoms with Gasteiger partial charge in [0.2, 0.25) is 0 Å². The Morgan fingerprint density at radius 2 is 1.84 bits per heavy atom.